The second-order valence-corrected chi connectivity index (χ2v) is 4.24. The van der Waals surface area contributed by atoms with Crippen LogP contribution in [-0.4, -0.2) is 42.9 Å². The number of imide groups is 1. The van der Waals surface area contributed by atoms with Crippen LogP contribution in [0.4, 0.5) is 0 Å². The van der Waals surface area contributed by atoms with Crippen molar-refractivity contribution >= 4 is 31.7 Å². The van der Waals surface area contributed by atoms with Crippen molar-refractivity contribution in [3.63, 3.8) is 0 Å². The number of carbonyl (C=O) groups is 4. The number of hydrogen-bond acceptors (Lipinski definition) is 6. The zero-order valence-corrected chi connectivity index (χ0v) is 11.1. The number of nitrogens with zero attached hydrogens (tertiary/aromatic N) is 1. The average Bonchev–Trinajstić information content (AvgIpc) is 2.71. The van der Waals surface area contributed by atoms with Gasteiger partial charge in [0, 0.05) is 0 Å². The van der Waals surface area contributed by atoms with Gasteiger partial charge in [-0.2, -0.15) is 0 Å². The molecule has 0 aromatic heterocycles. The van der Waals surface area contributed by atoms with Gasteiger partial charge in [0.05, 0.1) is 17.5 Å². The highest BCUT2D eigenvalue weighted by Gasteiger charge is 2.39. The average molecular weight is 290 g/mol. The Kier molecular flexibility index (Phi) is 4.04. The normalized spacial score (nSPS) is 14.8. The molecule has 0 spiro atoms. The van der Waals surface area contributed by atoms with E-state index in [0.29, 0.717) is 5.06 Å². The maximum atomic E-state index is 12.1. The minimum Gasteiger partial charge on any atom is -0.541 e. The first-order valence-corrected chi connectivity index (χ1v) is 5.96. The summed E-state index contributed by atoms with van der Waals surface area (Å²) < 4.78 is 4.45. The van der Waals surface area contributed by atoms with E-state index in [1.807, 2.05) is 0 Å². The Morgan fingerprint density at radius 1 is 1.19 bits per heavy atom. The second-order valence-electron chi connectivity index (χ2n) is 4.24. The molecule has 0 unspecified atom stereocenters. The molecule has 9 heteroatoms. The number of nitrogens with two attached hydrogens (primary N) is 1. The molecule has 1 aliphatic heterocycles. The fourth-order valence-electron chi connectivity index (χ4n) is 1.87. The molecule has 0 fully saturated rings. The lowest BCUT2D eigenvalue weighted by atomic mass is 10.1. The molecule has 108 valence electrons. The van der Waals surface area contributed by atoms with Crippen molar-refractivity contribution < 1.29 is 28.7 Å². The van der Waals surface area contributed by atoms with E-state index in [-0.39, 0.29) is 11.1 Å². The number of primary amides is 1. The standard InChI is InChI=1S/C12H11BN2O6/c13-20-12(19)8(5-9(14)16)21-15-10(17)6-3-1-2-4-7(6)11(15)18/h1-4,8H,5,13H2,(H2,14,16)/t8-/m0/s1. The van der Waals surface area contributed by atoms with Gasteiger partial charge < -0.3 is 10.4 Å². The van der Waals surface area contributed by atoms with Crippen LogP contribution in [-0.2, 0) is 19.1 Å². The Bertz CT molecular complexity index is 597. The van der Waals surface area contributed by atoms with Crippen LogP contribution in [0.25, 0.3) is 0 Å². The number of amides is 3. The topological polar surface area (TPSA) is 116 Å². The first-order valence-electron chi connectivity index (χ1n) is 5.96. The highest BCUT2D eigenvalue weighted by molar-refractivity contribution is 6.20. The third-order valence-electron chi connectivity index (χ3n) is 2.84. The zero-order chi connectivity index (χ0) is 15.6. The lowest BCUT2D eigenvalue weighted by Gasteiger charge is -2.19. The summed E-state index contributed by atoms with van der Waals surface area (Å²) in [6.07, 6.45) is -1.98. The Morgan fingerprint density at radius 2 is 1.71 bits per heavy atom. The van der Waals surface area contributed by atoms with E-state index in [0.717, 1.165) is 8.05 Å². The number of rotatable bonds is 5. The van der Waals surface area contributed by atoms with Crippen LogP contribution in [0.5, 0.6) is 0 Å². The summed E-state index contributed by atoms with van der Waals surface area (Å²) in [4.78, 5) is 51.6. The first-order chi connectivity index (χ1) is 9.95. The molecule has 0 bridgehead atoms. The van der Waals surface area contributed by atoms with Crippen LogP contribution in [0.1, 0.15) is 27.1 Å². The Hall–Kier alpha value is -2.68. The molecular formula is C12H11BN2O6. The van der Waals surface area contributed by atoms with Crippen molar-refractivity contribution in [1.82, 2.24) is 5.06 Å². The molecule has 0 radical (unpaired) electrons. The van der Waals surface area contributed by atoms with Crippen molar-refractivity contribution in [3.8, 4) is 0 Å². The Morgan fingerprint density at radius 3 is 2.14 bits per heavy atom. The number of carbonyl (C=O) groups excluding carboxylic acids is 4. The second kappa shape index (κ2) is 5.75. The maximum absolute atomic E-state index is 12.1. The quantitative estimate of drug-likeness (QED) is 0.524. The molecule has 2 N–H and O–H groups in total. The van der Waals surface area contributed by atoms with Crippen molar-refractivity contribution in [2.24, 2.45) is 5.73 Å². The fraction of sp³-hybridized carbons (Fsp3) is 0.167. The van der Waals surface area contributed by atoms with Crippen LogP contribution in [0, 0.1) is 0 Å². The predicted octanol–water partition coefficient (Wildman–Crippen LogP) is -1.45. The Balaban J connectivity index is 2.23. The molecule has 21 heavy (non-hydrogen) atoms. The largest absolute Gasteiger partial charge is 0.541 e. The van der Waals surface area contributed by atoms with Crippen LogP contribution in [0.3, 0.4) is 0 Å². The van der Waals surface area contributed by atoms with Gasteiger partial charge >= 0.3 is 14.0 Å². The van der Waals surface area contributed by atoms with Crippen molar-refractivity contribution in [3.05, 3.63) is 35.4 Å². The van der Waals surface area contributed by atoms with Crippen LogP contribution in [0.15, 0.2) is 24.3 Å². The molecule has 3 amide bonds. The molecule has 0 saturated carbocycles. The molecule has 1 aromatic rings. The van der Waals surface area contributed by atoms with E-state index >= 15 is 0 Å². The lowest BCUT2D eigenvalue weighted by molar-refractivity contribution is -0.174. The van der Waals surface area contributed by atoms with Gasteiger partial charge in [0.1, 0.15) is 0 Å². The van der Waals surface area contributed by atoms with Crippen LogP contribution < -0.4 is 5.73 Å². The number of hydroxylamine groups is 2. The van der Waals surface area contributed by atoms with Crippen LogP contribution >= 0.6 is 0 Å². The van der Waals surface area contributed by atoms with Gasteiger partial charge in [-0.05, 0) is 12.1 Å². The summed E-state index contributed by atoms with van der Waals surface area (Å²) in [5, 5.41) is 0.440. The van der Waals surface area contributed by atoms with Gasteiger partial charge in [0.15, 0.2) is 6.10 Å². The third-order valence-corrected chi connectivity index (χ3v) is 2.84. The molecule has 1 aliphatic rings. The van der Waals surface area contributed by atoms with Crippen molar-refractivity contribution in [2.75, 3.05) is 0 Å². The first kappa shape index (κ1) is 14.7. The van der Waals surface area contributed by atoms with Crippen molar-refractivity contribution in [2.45, 2.75) is 12.5 Å². The lowest BCUT2D eigenvalue weighted by Crippen LogP contribution is -2.40. The van der Waals surface area contributed by atoms with Gasteiger partial charge in [0.25, 0.3) is 11.8 Å². The highest BCUT2D eigenvalue weighted by Crippen LogP contribution is 2.23. The van der Waals surface area contributed by atoms with Crippen molar-refractivity contribution in [1.29, 1.82) is 0 Å². The summed E-state index contributed by atoms with van der Waals surface area (Å²) in [7, 11) is 1.09. The molecule has 0 saturated heterocycles. The molecule has 1 aromatic carbocycles. The Labute approximate surface area is 120 Å². The third kappa shape index (κ3) is 2.77. The van der Waals surface area contributed by atoms with E-state index < -0.39 is 36.2 Å². The van der Waals surface area contributed by atoms with Gasteiger partial charge in [-0.3, -0.25) is 19.2 Å². The molecule has 1 atom stereocenters. The van der Waals surface area contributed by atoms with E-state index in [1.165, 1.54) is 12.1 Å². The van der Waals surface area contributed by atoms with Gasteiger partial charge in [-0.25, -0.2) is 4.84 Å². The maximum Gasteiger partial charge on any atom is 0.326 e. The summed E-state index contributed by atoms with van der Waals surface area (Å²) in [6.45, 7) is 0. The smallest absolute Gasteiger partial charge is 0.326 e. The van der Waals surface area contributed by atoms with Gasteiger partial charge in [0.2, 0.25) is 5.91 Å². The van der Waals surface area contributed by atoms with Gasteiger partial charge in [-0.15, -0.1) is 5.06 Å². The number of hydrogen-bond donors (Lipinski definition) is 1. The molecule has 0 aliphatic carbocycles. The molecule has 1 heterocycles. The molecule has 2 rings (SSSR count). The minimum atomic E-state index is -1.46. The molecular weight excluding hydrogens is 279 g/mol. The minimum absolute atomic E-state index is 0.158. The number of fused-ring (bicyclic) bond motifs is 1. The summed E-state index contributed by atoms with van der Waals surface area (Å²) in [5.74, 6) is -3.17. The van der Waals surface area contributed by atoms with E-state index in [9.17, 15) is 19.2 Å². The SMILES string of the molecule is BOC(=O)[C@H](CC(N)=O)ON1C(=O)c2ccccc2C1=O. The molecule has 8 nitrogen and oxygen atoms in total. The highest BCUT2D eigenvalue weighted by atomic mass is 16.7. The summed E-state index contributed by atoms with van der Waals surface area (Å²) in [6, 6.07) is 6.10. The summed E-state index contributed by atoms with van der Waals surface area (Å²) >= 11 is 0. The predicted molar refractivity (Wildman–Crippen MR) is 70.3 cm³/mol. The van der Waals surface area contributed by atoms with Crippen LogP contribution in [0.2, 0.25) is 0 Å². The monoisotopic (exact) mass is 290 g/mol. The summed E-state index contributed by atoms with van der Waals surface area (Å²) in [5.41, 5.74) is 5.31. The van der Waals surface area contributed by atoms with E-state index in [4.69, 9.17) is 10.6 Å². The number of benzene rings is 1. The fourth-order valence-corrected chi connectivity index (χ4v) is 1.87. The van der Waals surface area contributed by atoms with E-state index in [2.05, 4.69) is 4.65 Å². The zero-order valence-electron chi connectivity index (χ0n) is 11.1. The van der Waals surface area contributed by atoms with E-state index in [1.54, 1.807) is 12.1 Å². The van der Waals surface area contributed by atoms with Gasteiger partial charge in [-0.1, -0.05) is 12.1 Å².